The van der Waals surface area contributed by atoms with E-state index in [0.717, 1.165) is 32.1 Å². The number of carboxylic acids is 1. The second-order valence-electron chi connectivity index (χ2n) is 4.99. The van der Waals surface area contributed by atoms with Gasteiger partial charge in [0.2, 0.25) is 0 Å². The highest BCUT2D eigenvalue weighted by Gasteiger charge is 2.35. The number of urea groups is 1. The van der Waals surface area contributed by atoms with Gasteiger partial charge >= 0.3 is 12.0 Å². The molecule has 0 aromatic heterocycles. The number of hydrogen-bond acceptors (Lipinski definition) is 3. The van der Waals surface area contributed by atoms with Gasteiger partial charge in [0.15, 0.2) is 0 Å². The average molecular weight is 272 g/mol. The normalized spacial score (nSPS) is 17.7. The van der Waals surface area contributed by atoms with Crippen molar-refractivity contribution in [3.05, 3.63) is 0 Å². The molecule has 1 aliphatic rings. The average Bonchev–Trinajstić information content (AvgIpc) is 2.34. The van der Waals surface area contributed by atoms with Crippen LogP contribution in [-0.2, 0) is 9.53 Å². The van der Waals surface area contributed by atoms with Crippen molar-refractivity contribution in [2.75, 3.05) is 19.8 Å². The molecule has 1 fully saturated rings. The first-order valence-corrected chi connectivity index (χ1v) is 6.93. The van der Waals surface area contributed by atoms with Gasteiger partial charge in [0, 0.05) is 13.2 Å². The lowest BCUT2D eigenvalue weighted by Crippen LogP contribution is -2.54. The van der Waals surface area contributed by atoms with Crippen molar-refractivity contribution in [2.45, 2.75) is 51.0 Å². The largest absolute Gasteiger partial charge is 0.481 e. The topological polar surface area (TPSA) is 87.7 Å². The SMILES string of the molecule is CCOCCNC(=O)NC1(CC(=O)O)CCCCC1. The zero-order chi connectivity index (χ0) is 14.1. The van der Waals surface area contributed by atoms with Gasteiger partial charge < -0.3 is 20.5 Å². The molecule has 2 amide bonds. The monoisotopic (exact) mass is 272 g/mol. The molecule has 0 unspecified atom stereocenters. The van der Waals surface area contributed by atoms with Crippen molar-refractivity contribution in [1.29, 1.82) is 0 Å². The van der Waals surface area contributed by atoms with Gasteiger partial charge in [-0.15, -0.1) is 0 Å². The van der Waals surface area contributed by atoms with E-state index in [-0.39, 0.29) is 12.5 Å². The molecule has 0 aromatic carbocycles. The number of hydrogen-bond donors (Lipinski definition) is 3. The van der Waals surface area contributed by atoms with Crippen molar-refractivity contribution in [2.24, 2.45) is 0 Å². The minimum Gasteiger partial charge on any atom is -0.481 e. The Labute approximate surface area is 113 Å². The Morgan fingerprint density at radius 2 is 1.95 bits per heavy atom. The van der Waals surface area contributed by atoms with E-state index in [9.17, 15) is 9.59 Å². The number of aliphatic carboxylic acids is 1. The van der Waals surface area contributed by atoms with Crippen LogP contribution in [0, 0.1) is 0 Å². The molecule has 0 bridgehead atoms. The molecule has 1 rings (SSSR count). The van der Waals surface area contributed by atoms with Crippen LogP contribution < -0.4 is 10.6 Å². The Morgan fingerprint density at radius 3 is 2.53 bits per heavy atom. The molecule has 1 saturated carbocycles. The summed E-state index contributed by atoms with van der Waals surface area (Å²) in [6.07, 6.45) is 4.50. The van der Waals surface area contributed by atoms with E-state index in [1.54, 1.807) is 0 Å². The smallest absolute Gasteiger partial charge is 0.315 e. The van der Waals surface area contributed by atoms with Crippen molar-refractivity contribution >= 4 is 12.0 Å². The molecule has 0 saturated heterocycles. The van der Waals surface area contributed by atoms with Crippen LogP contribution in [0.15, 0.2) is 0 Å². The van der Waals surface area contributed by atoms with Crippen molar-refractivity contribution < 1.29 is 19.4 Å². The summed E-state index contributed by atoms with van der Waals surface area (Å²) in [4.78, 5) is 22.8. The van der Waals surface area contributed by atoms with Crippen molar-refractivity contribution in [3.8, 4) is 0 Å². The standard InChI is InChI=1S/C13H24N2O4/c1-2-19-9-8-14-12(18)15-13(10-11(16)17)6-4-3-5-7-13/h2-10H2,1H3,(H,16,17)(H2,14,15,18). The molecule has 19 heavy (non-hydrogen) atoms. The molecule has 110 valence electrons. The van der Waals surface area contributed by atoms with Gasteiger partial charge in [0.05, 0.1) is 18.6 Å². The quantitative estimate of drug-likeness (QED) is 0.613. The third-order valence-corrected chi connectivity index (χ3v) is 3.42. The van der Waals surface area contributed by atoms with Crippen LogP contribution in [0.5, 0.6) is 0 Å². The van der Waals surface area contributed by atoms with E-state index in [2.05, 4.69) is 10.6 Å². The van der Waals surface area contributed by atoms with E-state index in [0.29, 0.717) is 19.8 Å². The number of carbonyl (C=O) groups is 2. The molecule has 0 radical (unpaired) electrons. The molecule has 1 aliphatic carbocycles. The third kappa shape index (κ3) is 5.92. The Kier molecular flexibility index (Phi) is 6.62. The lowest BCUT2D eigenvalue weighted by molar-refractivity contribution is -0.139. The van der Waals surface area contributed by atoms with Crippen LogP contribution in [-0.4, -0.2) is 42.4 Å². The molecule has 0 heterocycles. The van der Waals surface area contributed by atoms with E-state index in [4.69, 9.17) is 9.84 Å². The summed E-state index contributed by atoms with van der Waals surface area (Å²) >= 11 is 0. The second kappa shape index (κ2) is 7.99. The van der Waals surface area contributed by atoms with Gasteiger partial charge in [-0.05, 0) is 19.8 Å². The van der Waals surface area contributed by atoms with Crippen LogP contribution >= 0.6 is 0 Å². The Balaban J connectivity index is 2.43. The van der Waals surface area contributed by atoms with Gasteiger partial charge in [0.1, 0.15) is 0 Å². The summed E-state index contributed by atoms with van der Waals surface area (Å²) in [7, 11) is 0. The maximum absolute atomic E-state index is 11.8. The first kappa shape index (κ1) is 15.8. The zero-order valence-corrected chi connectivity index (χ0v) is 11.5. The lowest BCUT2D eigenvalue weighted by atomic mass is 9.79. The zero-order valence-electron chi connectivity index (χ0n) is 11.5. The number of nitrogens with one attached hydrogen (secondary N) is 2. The maximum Gasteiger partial charge on any atom is 0.315 e. The highest BCUT2D eigenvalue weighted by atomic mass is 16.5. The van der Waals surface area contributed by atoms with Crippen LogP contribution in [0.4, 0.5) is 4.79 Å². The first-order valence-electron chi connectivity index (χ1n) is 6.93. The van der Waals surface area contributed by atoms with Gasteiger partial charge in [-0.1, -0.05) is 19.3 Å². The predicted octanol–water partition coefficient (Wildman–Crippen LogP) is 1.50. The van der Waals surface area contributed by atoms with Crippen molar-refractivity contribution in [1.82, 2.24) is 10.6 Å². The van der Waals surface area contributed by atoms with Crippen LogP contribution in [0.2, 0.25) is 0 Å². The predicted molar refractivity (Wildman–Crippen MR) is 71.1 cm³/mol. The molecule has 6 heteroatoms. The number of carbonyl (C=O) groups excluding carboxylic acids is 1. The number of ether oxygens (including phenoxy) is 1. The molecular formula is C13H24N2O4. The minimum absolute atomic E-state index is 0.00806. The third-order valence-electron chi connectivity index (χ3n) is 3.42. The summed E-state index contributed by atoms with van der Waals surface area (Å²) in [6, 6.07) is -0.303. The molecule has 6 nitrogen and oxygen atoms in total. The van der Waals surface area contributed by atoms with E-state index in [1.807, 2.05) is 6.92 Å². The second-order valence-corrected chi connectivity index (χ2v) is 4.99. The van der Waals surface area contributed by atoms with Crippen LogP contribution in [0.25, 0.3) is 0 Å². The van der Waals surface area contributed by atoms with Gasteiger partial charge in [-0.3, -0.25) is 4.79 Å². The van der Waals surface area contributed by atoms with Crippen molar-refractivity contribution in [3.63, 3.8) is 0 Å². The van der Waals surface area contributed by atoms with Crippen LogP contribution in [0.3, 0.4) is 0 Å². The first-order chi connectivity index (χ1) is 9.08. The number of rotatable bonds is 7. The van der Waals surface area contributed by atoms with Gasteiger partial charge in [-0.25, -0.2) is 4.79 Å². The Morgan fingerprint density at radius 1 is 1.26 bits per heavy atom. The highest BCUT2D eigenvalue weighted by molar-refractivity contribution is 5.76. The summed E-state index contributed by atoms with van der Waals surface area (Å²) in [5, 5.41) is 14.5. The van der Waals surface area contributed by atoms with Gasteiger partial charge in [0.25, 0.3) is 0 Å². The Hall–Kier alpha value is -1.30. The summed E-state index contributed by atoms with van der Waals surface area (Å²) in [5.41, 5.74) is -0.584. The van der Waals surface area contributed by atoms with E-state index in [1.165, 1.54) is 0 Å². The number of carboxylic acid groups (broad SMARTS) is 1. The molecule has 3 N–H and O–H groups in total. The molecule has 0 atom stereocenters. The highest BCUT2D eigenvalue weighted by Crippen LogP contribution is 2.31. The summed E-state index contributed by atoms with van der Waals surface area (Å²) in [6.45, 7) is 3.41. The fourth-order valence-corrected chi connectivity index (χ4v) is 2.53. The fraction of sp³-hybridized carbons (Fsp3) is 0.846. The molecule has 0 spiro atoms. The lowest BCUT2D eigenvalue weighted by Gasteiger charge is -2.36. The Bertz CT molecular complexity index is 301. The minimum atomic E-state index is -0.864. The molecule has 0 aromatic rings. The van der Waals surface area contributed by atoms with E-state index >= 15 is 0 Å². The van der Waals surface area contributed by atoms with Crippen LogP contribution in [0.1, 0.15) is 45.4 Å². The van der Waals surface area contributed by atoms with E-state index < -0.39 is 11.5 Å². The van der Waals surface area contributed by atoms with Gasteiger partial charge in [-0.2, -0.15) is 0 Å². The molecular weight excluding hydrogens is 248 g/mol. The number of amides is 2. The molecule has 0 aliphatic heterocycles. The summed E-state index contributed by atoms with van der Waals surface area (Å²) < 4.78 is 5.13. The fourth-order valence-electron chi connectivity index (χ4n) is 2.53. The summed E-state index contributed by atoms with van der Waals surface area (Å²) in [5.74, 6) is -0.864. The maximum atomic E-state index is 11.8.